The molecule has 148 valence electrons. The molecule has 2 fully saturated rings. The topological polar surface area (TPSA) is 56.8 Å². The van der Waals surface area contributed by atoms with Crippen LogP contribution in [0.25, 0.3) is 0 Å². The van der Waals surface area contributed by atoms with Crippen LogP contribution in [0.5, 0.6) is 0 Å². The van der Waals surface area contributed by atoms with Crippen LogP contribution in [0.1, 0.15) is 72.4 Å². The van der Waals surface area contributed by atoms with Crippen LogP contribution in [0.15, 0.2) is 18.2 Å². The summed E-state index contributed by atoms with van der Waals surface area (Å²) in [5.74, 6) is 0. The standard InChI is InChI=1S/C21H32BNO4/c1-14-11-15(21(9-10-21)23-17(24)25-18(2,3)4)13-16(12-14)22-26-19(5,6)20(7,8)27-22/h11-13H,9-10H2,1-8H3,(H,23,24). The quantitative estimate of drug-likeness (QED) is 0.819. The van der Waals surface area contributed by atoms with Gasteiger partial charge in [-0.3, -0.25) is 0 Å². The van der Waals surface area contributed by atoms with E-state index in [0.29, 0.717) is 0 Å². The molecule has 0 bridgehead atoms. The number of aryl methyl sites for hydroxylation is 1. The molecule has 1 aromatic carbocycles. The van der Waals surface area contributed by atoms with E-state index in [4.69, 9.17) is 14.0 Å². The molecule has 1 saturated heterocycles. The van der Waals surface area contributed by atoms with E-state index in [1.807, 2.05) is 20.8 Å². The zero-order chi connectivity index (χ0) is 20.3. The Morgan fingerprint density at radius 2 is 1.63 bits per heavy atom. The van der Waals surface area contributed by atoms with Crippen molar-refractivity contribution >= 4 is 18.7 Å². The smallest absolute Gasteiger partial charge is 0.444 e. The number of carbonyl (C=O) groups is 1. The summed E-state index contributed by atoms with van der Waals surface area (Å²) in [7, 11) is -0.411. The molecule has 27 heavy (non-hydrogen) atoms. The maximum atomic E-state index is 12.3. The number of nitrogens with one attached hydrogen (secondary N) is 1. The van der Waals surface area contributed by atoms with Crippen LogP contribution in [0.4, 0.5) is 4.79 Å². The van der Waals surface area contributed by atoms with E-state index < -0.39 is 12.7 Å². The van der Waals surface area contributed by atoms with Gasteiger partial charge in [-0.2, -0.15) is 0 Å². The normalized spacial score (nSPS) is 22.4. The lowest BCUT2D eigenvalue weighted by Crippen LogP contribution is -2.41. The number of amides is 1. The van der Waals surface area contributed by atoms with Gasteiger partial charge >= 0.3 is 13.2 Å². The largest absolute Gasteiger partial charge is 0.494 e. The highest BCUT2D eigenvalue weighted by atomic mass is 16.7. The van der Waals surface area contributed by atoms with Gasteiger partial charge in [0.15, 0.2) is 0 Å². The second kappa shape index (κ2) is 6.24. The Bertz CT molecular complexity index is 731. The summed E-state index contributed by atoms with van der Waals surface area (Å²) < 4.78 is 17.9. The lowest BCUT2D eigenvalue weighted by molar-refractivity contribution is 0.00578. The molecular formula is C21H32BNO4. The Kier molecular flexibility index (Phi) is 4.68. The molecule has 1 aromatic rings. The third-order valence-electron chi connectivity index (χ3n) is 5.67. The predicted molar refractivity (Wildman–Crippen MR) is 107 cm³/mol. The van der Waals surface area contributed by atoms with Crippen LogP contribution < -0.4 is 10.8 Å². The van der Waals surface area contributed by atoms with Gasteiger partial charge < -0.3 is 19.4 Å². The van der Waals surface area contributed by atoms with Crippen molar-refractivity contribution in [2.45, 2.75) is 90.6 Å². The summed E-state index contributed by atoms with van der Waals surface area (Å²) in [6.07, 6.45) is 1.43. The average Bonchev–Trinajstić information content (AvgIpc) is 3.19. The van der Waals surface area contributed by atoms with E-state index in [2.05, 4.69) is 58.1 Å². The highest BCUT2D eigenvalue weighted by molar-refractivity contribution is 6.62. The van der Waals surface area contributed by atoms with Crippen LogP contribution in [-0.4, -0.2) is 30.0 Å². The monoisotopic (exact) mass is 373 g/mol. The van der Waals surface area contributed by atoms with Crippen LogP contribution in [0.3, 0.4) is 0 Å². The van der Waals surface area contributed by atoms with Crippen molar-refractivity contribution in [1.29, 1.82) is 0 Å². The molecule has 1 amide bonds. The van der Waals surface area contributed by atoms with E-state index >= 15 is 0 Å². The van der Waals surface area contributed by atoms with Gasteiger partial charge in [-0.05, 0) is 79.3 Å². The molecule has 6 heteroatoms. The van der Waals surface area contributed by atoms with Crippen molar-refractivity contribution in [3.63, 3.8) is 0 Å². The molecule has 5 nitrogen and oxygen atoms in total. The third-order valence-corrected chi connectivity index (χ3v) is 5.67. The van der Waals surface area contributed by atoms with Crippen molar-refractivity contribution in [3.8, 4) is 0 Å². The third kappa shape index (κ3) is 4.17. The van der Waals surface area contributed by atoms with Crippen molar-refractivity contribution < 1.29 is 18.8 Å². The molecule has 1 aliphatic carbocycles. The molecule has 1 N–H and O–H groups in total. The number of alkyl carbamates (subject to hydrolysis) is 1. The van der Waals surface area contributed by atoms with Gasteiger partial charge in [-0.1, -0.05) is 23.8 Å². The van der Waals surface area contributed by atoms with Crippen molar-refractivity contribution in [2.75, 3.05) is 0 Å². The average molecular weight is 373 g/mol. The lowest BCUT2D eigenvalue weighted by atomic mass is 9.76. The van der Waals surface area contributed by atoms with Gasteiger partial charge in [0, 0.05) is 0 Å². The Morgan fingerprint density at radius 3 is 2.11 bits per heavy atom. The Hall–Kier alpha value is -1.53. The molecule has 0 unspecified atom stereocenters. The lowest BCUT2D eigenvalue weighted by Gasteiger charge is -2.32. The number of carbonyl (C=O) groups excluding carboxylic acids is 1. The Balaban J connectivity index is 1.83. The van der Waals surface area contributed by atoms with Gasteiger partial charge in [0.25, 0.3) is 0 Å². The minimum absolute atomic E-state index is 0.354. The molecule has 3 rings (SSSR count). The van der Waals surface area contributed by atoms with Crippen LogP contribution in [0.2, 0.25) is 0 Å². The Labute approximate surface area is 163 Å². The molecular weight excluding hydrogens is 341 g/mol. The number of hydrogen-bond acceptors (Lipinski definition) is 4. The highest BCUT2D eigenvalue weighted by Crippen LogP contribution is 2.46. The molecule has 0 atom stereocenters. The SMILES string of the molecule is Cc1cc(B2OC(C)(C)C(C)(C)O2)cc(C2(NC(=O)OC(C)(C)C)CC2)c1. The van der Waals surface area contributed by atoms with E-state index in [1.165, 1.54) is 0 Å². The van der Waals surface area contributed by atoms with Crippen molar-refractivity contribution in [2.24, 2.45) is 0 Å². The highest BCUT2D eigenvalue weighted by Gasteiger charge is 2.52. The number of ether oxygens (including phenoxy) is 1. The summed E-state index contributed by atoms with van der Waals surface area (Å²) in [4.78, 5) is 12.3. The van der Waals surface area contributed by atoms with Gasteiger partial charge in [0.05, 0.1) is 16.7 Å². The first kappa shape index (κ1) is 20.2. The number of hydrogen-bond donors (Lipinski definition) is 1. The zero-order valence-corrected chi connectivity index (χ0v) is 17.9. The molecule has 2 aliphatic rings. The van der Waals surface area contributed by atoms with Crippen molar-refractivity contribution in [3.05, 3.63) is 29.3 Å². The first-order chi connectivity index (χ1) is 12.2. The molecule has 0 aromatic heterocycles. The Morgan fingerprint density at radius 1 is 1.07 bits per heavy atom. The summed E-state index contributed by atoms with van der Waals surface area (Å²) in [6.45, 7) is 15.9. The summed E-state index contributed by atoms with van der Waals surface area (Å²) >= 11 is 0. The fraction of sp³-hybridized carbons (Fsp3) is 0.667. The molecule has 0 radical (unpaired) electrons. The summed E-state index contributed by atoms with van der Waals surface area (Å²) in [5.41, 5.74) is 1.56. The second-order valence-electron chi connectivity index (χ2n) is 9.93. The van der Waals surface area contributed by atoms with Gasteiger partial charge in [-0.15, -0.1) is 0 Å². The fourth-order valence-electron chi connectivity index (χ4n) is 3.31. The van der Waals surface area contributed by atoms with Gasteiger partial charge in [0.1, 0.15) is 5.60 Å². The zero-order valence-electron chi connectivity index (χ0n) is 17.9. The number of rotatable bonds is 3. The molecule has 1 saturated carbocycles. The summed E-state index contributed by atoms with van der Waals surface area (Å²) in [5, 5.41) is 3.07. The minimum atomic E-state index is -0.513. The maximum absolute atomic E-state index is 12.3. The minimum Gasteiger partial charge on any atom is -0.444 e. The van der Waals surface area contributed by atoms with Crippen LogP contribution in [0, 0.1) is 6.92 Å². The predicted octanol–water partition coefficient (Wildman–Crippen LogP) is 3.81. The van der Waals surface area contributed by atoms with E-state index in [-0.39, 0.29) is 22.8 Å². The molecule has 0 spiro atoms. The van der Waals surface area contributed by atoms with Gasteiger partial charge in [-0.25, -0.2) is 4.79 Å². The van der Waals surface area contributed by atoms with Gasteiger partial charge in [0.2, 0.25) is 0 Å². The van der Waals surface area contributed by atoms with Crippen molar-refractivity contribution in [1.82, 2.24) is 5.32 Å². The second-order valence-corrected chi connectivity index (χ2v) is 9.93. The summed E-state index contributed by atoms with van der Waals surface area (Å²) in [6, 6.07) is 6.31. The van der Waals surface area contributed by atoms with E-state index in [9.17, 15) is 4.79 Å². The first-order valence-corrected chi connectivity index (χ1v) is 9.72. The first-order valence-electron chi connectivity index (χ1n) is 9.72. The van der Waals surface area contributed by atoms with Crippen LogP contribution >= 0.6 is 0 Å². The fourth-order valence-corrected chi connectivity index (χ4v) is 3.31. The number of benzene rings is 1. The molecule has 1 heterocycles. The maximum Gasteiger partial charge on any atom is 0.494 e. The van der Waals surface area contributed by atoms with Crippen LogP contribution in [-0.2, 0) is 19.6 Å². The van der Waals surface area contributed by atoms with E-state index in [1.54, 1.807) is 0 Å². The molecule has 1 aliphatic heterocycles. The van der Waals surface area contributed by atoms with E-state index in [0.717, 1.165) is 29.4 Å².